The van der Waals surface area contributed by atoms with Crippen LogP contribution in [-0.2, 0) is 6.54 Å². The highest BCUT2D eigenvalue weighted by molar-refractivity contribution is 9.10. The van der Waals surface area contributed by atoms with E-state index in [1.165, 1.54) is 31.6 Å². The van der Waals surface area contributed by atoms with E-state index >= 15 is 0 Å². The van der Waals surface area contributed by atoms with Gasteiger partial charge in [-0.25, -0.2) is 0 Å². The summed E-state index contributed by atoms with van der Waals surface area (Å²) >= 11 is 3.39. The number of hydrogen-bond acceptors (Lipinski definition) is 3. The summed E-state index contributed by atoms with van der Waals surface area (Å²) in [5, 5.41) is 3.40. The minimum absolute atomic E-state index is 0.746. The molecule has 4 heteroatoms. The molecule has 3 nitrogen and oxygen atoms in total. The van der Waals surface area contributed by atoms with Crippen LogP contribution in [0.3, 0.4) is 0 Å². The van der Waals surface area contributed by atoms with Gasteiger partial charge in [0, 0.05) is 35.1 Å². The van der Waals surface area contributed by atoms with Crippen molar-refractivity contribution in [3.05, 3.63) is 52.8 Å². The Bertz CT molecular complexity index is 545. The highest BCUT2D eigenvalue weighted by Crippen LogP contribution is 2.22. The second-order valence-corrected chi connectivity index (χ2v) is 5.98. The molecule has 0 atom stereocenters. The first-order chi connectivity index (χ1) is 9.81. The number of rotatable bonds is 4. The molecule has 2 aromatic rings. The van der Waals surface area contributed by atoms with Crippen molar-refractivity contribution in [1.82, 2.24) is 4.98 Å². The fourth-order valence-corrected chi connectivity index (χ4v) is 2.70. The van der Waals surface area contributed by atoms with Crippen LogP contribution in [0.1, 0.15) is 18.5 Å². The average molecular weight is 332 g/mol. The Kier molecular flexibility index (Phi) is 4.21. The Labute approximate surface area is 128 Å². The van der Waals surface area contributed by atoms with Crippen LogP contribution in [0.15, 0.2) is 47.1 Å². The number of halogens is 1. The van der Waals surface area contributed by atoms with Gasteiger partial charge in [-0.05, 0) is 65.2 Å². The molecule has 0 radical (unpaired) electrons. The summed E-state index contributed by atoms with van der Waals surface area (Å²) in [5.74, 6) is 0. The smallest absolute Gasteiger partial charge is 0.0595 e. The molecular weight excluding hydrogens is 314 g/mol. The van der Waals surface area contributed by atoms with E-state index in [1.54, 1.807) is 0 Å². The minimum atomic E-state index is 0.746. The van der Waals surface area contributed by atoms with Crippen molar-refractivity contribution in [3.8, 4) is 0 Å². The second-order valence-electron chi connectivity index (χ2n) is 5.06. The normalized spacial score (nSPS) is 14.6. The summed E-state index contributed by atoms with van der Waals surface area (Å²) in [6.07, 6.45) is 4.46. The van der Waals surface area contributed by atoms with Crippen molar-refractivity contribution in [2.45, 2.75) is 19.4 Å². The van der Waals surface area contributed by atoms with Crippen molar-refractivity contribution in [3.63, 3.8) is 0 Å². The lowest BCUT2D eigenvalue weighted by Gasteiger charge is -2.18. The van der Waals surface area contributed by atoms with E-state index in [0.29, 0.717) is 0 Å². The predicted molar refractivity (Wildman–Crippen MR) is 87.2 cm³/mol. The Hall–Kier alpha value is -1.55. The van der Waals surface area contributed by atoms with Gasteiger partial charge >= 0.3 is 0 Å². The second kappa shape index (κ2) is 6.27. The van der Waals surface area contributed by atoms with Gasteiger partial charge in [0.15, 0.2) is 0 Å². The summed E-state index contributed by atoms with van der Waals surface area (Å²) in [6.45, 7) is 3.13. The molecule has 0 saturated carbocycles. The van der Waals surface area contributed by atoms with Gasteiger partial charge in [-0.1, -0.05) is 0 Å². The SMILES string of the molecule is Brc1ccc(CNc2ccc(N3CCCC3)cc2)nc1. The van der Waals surface area contributed by atoms with E-state index in [1.807, 2.05) is 18.3 Å². The third-order valence-corrected chi connectivity index (χ3v) is 4.07. The Morgan fingerprint density at radius 1 is 1.05 bits per heavy atom. The molecule has 1 saturated heterocycles. The molecule has 0 aliphatic carbocycles. The molecule has 1 aliphatic rings. The van der Waals surface area contributed by atoms with Gasteiger partial charge in [-0.2, -0.15) is 0 Å². The quantitative estimate of drug-likeness (QED) is 0.915. The Morgan fingerprint density at radius 3 is 2.45 bits per heavy atom. The van der Waals surface area contributed by atoms with Crippen LogP contribution in [0.5, 0.6) is 0 Å². The molecule has 2 heterocycles. The third-order valence-electron chi connectivity index (χ3n) is 3.60. The lowest BCUT2D eigenvalue weighted by atomic mass is 10.2. The monoisotopic (exact) mass is 331 g/mol. The molecule has 1 aromatic heterocycles. The van der Waals surface area contributed by atoms with Gasteiger partial charge in [0.1, 0.15) is 0 Å². The van der Waals surface area contributed by atoms with Crippen molar-refractivity contribution >= 4 is 27.3 Å². The summed E-state index contributed by atoms with van der Waals surface area (Å²) < 4.78 is 1.01. The van der Waals surface area contributed by atoms with E-state index in [9.17, 15) is 0 Å². The van der Waals surface area contributed by atoms with Crippen molar-refractivity contribution in [2.75, 3.05) is 23.3 Å². The summed E-state index contributed by atoms with van der Waals surface area (Å²) in [6, 6.07) is 12.7. The molecule has 0 bridgehead atoms. The zero-order valence-electron chi connectivity index (χ0n) is 11.3. The van der Waals surface area contributed by atoms with Gasteiger partial charge in [0.05, 0.1) is 12.2 Å². The van der Waals surface area contributed by atoms with Crippen molar-refractivity contribution in [1.29, 1.82) is 0 Å². The number of hydrogen-bond donors (Lipinski definition) is 1. The minimum Gasteiger partial charge on any atom is -0.379 e. The molecule has 0 unspecified atom stereocenters. The van der Waals surface area contributed by atoms with Gasteiger partial charge in [0.2, 0.25) is 0 Å². The largest absolute Gasteiger partial charge is 0.379 e. The Balaban J connectivity index is 1.59. The van der Waals surface area contributed by atoms with E-state index in [2.05, 4.69) is 55.4 Å². The van der Waals surface area contributed by atoms with Gasteiger partial charge in [-0.15, -0.1) is 0 Å². The number of pyridine rings is 1. The number of aromatic nitrogens is 1. The van der Waals surface area contributed by atoms with E-state index in [4.69, 9.17) is 0 Å². The molecule has 104 valence electrons. The number of nitrogens with one attached hydrogen (secondary N) is 1. The molecule has 1 aliphatic heterocycles. The fraction of sp³-hybridized carbons (Fsp3) is 0.312. The molecule has 1 aromatic carbocycles. The summed E-state index contributed by atoms with van der Waals surface area (Å²) in [5.41, 5.74) is 3.50. The van der Waals surface area contributed by atoms with Crippen LogP contribution in [0, 0.1) is 0 Å². The lowest BCUT2D eigenvalue weighted by Crippen LogP contribution is -2.17. The van der Waals surface area contributed by atoms with E-state index in [-0.39, 0.29) is 0 Å². The van der Waals surface area contributed by atoms with Crippen LogP contribution in [-0.4, -0.2) is 18.1 Å². The topological polar surface area (TPSA) is 28.2 Å². The van der Waals surface area contributed by atoms with Crippen LogP contribution < -0.4 is 10.2 Å². The molecule has 1 fully saturated rings. The molecule has 3 rings (SSSR count). The molecule has 20 heavy (non-hydrogen) atoms. The number of benzene rings is 1. The third kappa shape index (κ3) is 3.31. The first-order valence-corrected chi connectivity index (χ1v) is 7.80. The molecular formula is C16H18BrN3. The summed E-state index contributed by atoms with van der Waals surface area (Å²) in [7, 11) is 0. The van der Waals surface area contributed by atoms with Crippen molar-refractivity contribution < 1.29 is 0 Å². The van der Waals surface area contributed by atoms with Gasteiger partial charge in [0.25, 0.3) is 0 Å². The number of nitrogens with zero attached hydrogens (tertiary/aromatic N) is 2. The zero-order chi connectivity index (χ0) is 13.8. The molecule has 0 spiro atoms. The number of anilines is 2. The maximum atomic E-state index is 4.36. The zero-order valence-corrected chi connectivity index (χ0v) is 12.9. The average Bonchev–Trinajstić information content (AvgIpc) is 3.01. The van der Waals surface area contributed by atoms with Crippen molar-refractivity contribution in [2.24, 2.45) is 0 Å². The van der Waals surface area contributed by atoms with Gasteiger partial charge in [-0.3, -0.25) is 4.98 Å². The highest BCUT2D eigenvalue weighted by atomic mass is 79.9. The first-order valence-electron chi connectivity index (χ1n) is 7.00. The van der Waals surface area contributed by atoms with Crippen LogP contribution in [0.2, 0.25) is 0 Å². The molecule has 1 N–H and O–H groups in total. The Morgan fingerprint density at radius 2 is 1.80 bits per heavy atom. The summed E-state index contributed by atoms with van der Waals surface area (Å²) in [4.78, 5) is 6.80. The highest BCUT2D eigenvalue weighted by Gasteiger charge is 2.11. The predicted octanol–water partition coefficient (Wildman–Crippen LogP) is 4.06. The maximum absolute atomic E-state index is 4.36. The first kappa shape index (κ1) is 13.4. The lowest BCUT2D eigenvalue weighted by molar-refractivity contribution is 0.949. The fourth-order valence-electron chi connectivity index (χ4n) is 2.47. The van der Waals surface area contributed by atoms with Gasteiger partial charge < -0.3 is 10.2 Å². The van der Waals surface area contributed by atoms with Crippen LogP contribution >= 0.6 is 15.9 Å². The standard InChI is InChI=1S/C16H18BrN3/c17-13-3-4-15(18-11-13)12-19-14-5-7-16(8-6-14)20-9-1-2-10-20/h3-8,11,19H,1-2,9-10,12H2. The van der Waals surface area contributed by atoms with E-state index in [0.717, 1.165) is 22.4 Å². The van der Waals surface area contributed by atoms with Crippen LogP contribution in [0.25, 0.3) is 0 Å². The van der Waals surface area contributed by atoms with Crippen LogP contribution in [0.4, 0.5) is 11.4 Å². The van der Waals surface area contributed by atoms with E-state index < -0.39 is 0 Å². The maximum Gasteiger partial charge on any atom is 0.0595 e. The molecule has 0 amide bonds.